The van der Waals surface area contributed by atoms with E-state index >= 15 is 0 Å². The van der Waals surface area contributed by atoms with Crippen LogP contribution in [0.1, 0.15) is 37.8 Å². The zero-order valence-electron chi connectivity index (χ0n) is 12.8. The largest absolute Gasteiger partial charge is 0.370 e. The van der Waals surface area contributed by atoms with Gasteiger partial charge in [-0.15, -0.1) is 0 Å². The third kappa shape index (κ3) is 3.29. The Labute approximate surface area is 124 Å². The van der Waals surface area contributed by atoms with Gasteiger partial charge in [0.2, 0.25) is 0 Å². The number of fused-ring (bicyclic) bond motifs is 1. The Morgan fingerprint density at radius 2 is 2.00 bits per heavy atom. The molecule has 21 heavy (non-hydrogen) atoms. The third-order valence-corrected chi connectivity index (χ3v) is 3.44. The maximum Gasteiger partial charge on any atom is 0.270 e. The summed E-state index contributed by atoms with van der Waals surface area (Å²) in [6.07, 6.45) is 2.96. The average molecular weight is 287 g/mol. The summed E-state index contributed by atoms with van der Waals surface area (Å²) >= 11 is 0. The Balaban J connectivity index is 2.59. The van der Waals surface area contributed by atoms with Gasteiger partial charge in [0, 0.05) is 24.1 Å². The molecule has 0 unspecified atom stereocenters. The van der Waals surface area contributed by atoms with E-state index in [1.807, 2.05) is 13.0 Å². The summed E-state index contributed by atoms with van der Waals surface area (Å²) in [5.74, 6) is 0.906. The molecule has 1 heterocycles. The quantitative estimate of drug-likeness (QED) is 0.637. The highest BCUT2D eigenvalue weighted by atomic mass is 16.6. The summed E-state index contributed by atoms with van der Waals surface area (Å²) in [5.41, 5.74) is 2.91. The van der Waals surface area contributed by atoms with Crippen molar-refractivity contribution < 1.29 is 4.92 Å². The molecule has 0 fully saturated rings. The van der Waals surface area contributed by atoms with Crippen molar-refractivity contribution in [1.82, 2.24) is 4.98 Å². The molecule has 0 spiro atoms. The lowest BCUT2D eigenvalue weighted by Crippen LogP contribution is -2.06. The van der Waals surface area contributed by atoms with Gasteiger partial charge in [0.05, 0.1) is 10.4 Å². The molecule has 0 aliphatic carbocycles. The zero-order valence-corrected chi connectivity index (χ0v) is 12.8. The molecular formula is C16H21N3O2. The van der Waals surface area contributed by atoms with Gasteiger partial charge in [-0.25, -0.2) is 4.98 Å². The topological polar surface area (TPSA) is 68.1 Å². The van der Waals surface area contributed by atoms with E-state index in [-0.39, 0.29) is 10.6 Å². The molecular weight excluding hydrogens is 266 g/mol. The molecule has 112 valence electrons. The first-order valence-corrected chi connectivity index (χ1v) is 7.39. The van der Waals surface area contributed by atoms with Gasteiger partial charge in [0.15, 0.2) is 0 Å². The Bertz CT molecular complexity index is 668. The average Bonchev–Trinajstić information content (AvgIpc) is 2.45. The lowest BCUT2D eigenvalue weighted by molar-refractivity contribution is -0.384. The van der Waals surface area contributed by atoms with E-state index in [1.165, 1.54) is 0 Å². The molecule has 1 N–H and O–H groups in total. The van der Waals surface area contributed by atoms with Crippen LogP contribution in [0.5, 0.6) is 0 Å². The van der Waals surface area contributed by atoms with Gasteiger partial charge in [0.25, 0.3) is 5.69 Å². The number of hydrogen-bond donors (Lipinski definition) is 1. The van der Waals surface area contributed by atoms with Crippen LogP contribution >= 0.6 is 0 Å². The van der Waals surface area contributed by atoms with Gasteiger partial charge in [-0.05, 0) is 37.0 Å². The Morgan fingerprint density at radius 1 is 1.24 bits per heavy atom. The van der Waals surface area contributed by atoms with Crippen molar-refractivity contribution >= 4 is 22.4 Å². The monoisotopic (exact) mass is 287 g/mol. The number of nitro groups is 1. The third-order valence-electron chi connectivity index (χ3n) is 3.44. The first-order chi connectivity index (χ1) is 10.1. The molecule has 5 nitrogen and oxygen atoms in total. The molecule has 0 saturated carbocycles. The number of nitrogens with zero attached hydrogens (tertiary/aromatic N) is 2. The molecule has 2 aromatic rings. The van der Waals surface area contributed by atoms with Crippen LogP contribution in [0.4, 0.5) is 11.5 Å². The van der Waals surface area contributed by atoms with Gasteiger partial charge in [-0.2, -0.15) is 0 Å². The maximum atomic E-state index is 11.0. The first kappa shape index (κ1) is 15.2. The van der Waals surface area contributed by atoms with Crippen LogP contribution in [0.3, 0.4) is 0 Å². The molecule has 0 amide bonds. The number of aryl methyl sites for hydroxylation is 2. The summed E-state index contributed by atoms with van der Waals surface area (Å²) in [7, 11) is 0. The number of hydrogen-bond acceptors (Lipinski definition) is 4. The van der Waals surface area contributed by atoms with E-state index < -0.39 is 0 Å². The number of nitrogens with one attached hydrogen (secondary N) is 1. The first-order valence-electron chi connectivity index (χ1n) is 7.39. The van der Waals surface area contributed by atoms with E-state index in [4.69, 9.17) is 4.98 Å². The standard InChI is InChI=1S/C16H21N3O2/c1-4-6-12-9-13-10-14(19(20)21)8-11(3)15(13)18-16(12)17-7-5-2/h8-10H,4-7H2,1-3H3,(H,17,18). The van der Waals surface area contributed by atoms with Crippen LogP contribution in [0.2, 0.25) is 0 Å². The molecule has 0 bridgehead atoms. The van der Waals surface area contributed by atoms with Gasteiger partial charge in [-0.1, -0.05) is 20.3 Å². The van der Waals surface area contributed by atoms with Crippen LogP contribution in [-0.4, -0.2) is 16.5 Å². The zero-order chi connectivity index (χ0) is 15.4. The number of aromatic nitrogens is 1. The van der Waals surface area contributed by atoms with Crippen LogP contribution in [-0.2, 0) is 6.42 Å². The minimum atomic E-state index is -0.352. The minimum absolute atomic E-state index is 0.124. The molecule has 0 saturated heterocycles. The second kappa shape index (κ2) is 6.52. The minimum Gasteiger partial charge on any atom is -0.370 e. The summed E-state index contributed by atoms with van der Waals surface area (Å²) in [5, 5.41) is 15.2. The Hall–Kier alpha value is -2.17. The predicted octanol–water partition coefficient (Wildman–Crippen LogP) is 4.23. The molecule has 1 aromatic carbocycles. The molecule has 1 aromatic heterocycles. The van der Waals surface area contributed by atoms with Gasteiger partial charge in [0.1, 0.15) is 5.82 Å². The molecule has 0 aliphatic rings. The molecule has 5 heteroatoms. The van der Waals surface area contributed by atoms with Crippen molar-refractivity contribution in [3.05, 3.63) is 39.4 Å². The normalized spacial score (nSPS) is 10.8. The fourth-order valence-electron chi connectivity index (χ4n) is 2.45. The molecule has 2 rings (SSSR count). The van der Waals surface area contributed by atoms with Gasteiger partial charge < -0.3 is 5.32 Å². The maximum absolute atomic E-state index is 11.0. The Kier molecular flexibility index (Phi) is 4.73. The van der Waals surface area contributed by atoms with E-state index in [0.29, 0.717) is 0 Å². The summed E-state index contributed by atoms with van der Waals surface area (Å²) in [4.78, 5) is 15.3. The van der Waals surface area contributed by atoms with Crippen LogP contribution < -0.4 is 5.32 Å². The van der Waals surface area contributed by atoms with E-state index in [9.17, 15) is 10.1 Å². The Morgan fingerprint density at radius 3 is 2.62 bits per heavy atom. The van der Waals surface area contributed by atoms with Crippen molar-refractivity contribution in [3.63, 3.8) is 0 Å². The lowest BCUT2D eigenvalue weighted by atomic mass is 10.0. The summed E-state index contributed by atoms with van der Waals surface area (Å²) < 4.78 is 0. The lowest BCUT2D eigenvalue weighted by Gasteiger charge is -2.12. The highest BCUT2D eigenvalue weighted by Gasteiger charge is 2.13. The molecule has 0 atom stereocenters. The van der Waals surface area contributed by atoms with Crippen LogP contribution in [0.15, 0.2) is 18.2 Å². The fourth-order valence-corrected chi connectivity index (χ4v) is 2.45. The van der Waals surface area contributed by atoms with Crippen molar-refractivity contribution in [2.24, 2.45) is 0 Å². The summed E-state index contributed by atoms with van der Waals surface area (Å²) in [6.45, 7) is 6.97. The molecule has 0 radical (unpaired) electrons. The van der Waals surface area contributed by atoms with Crippen molar-refractivity contribution in [2.75, 3.05) is 11.9 Å². The second-order valence-corrected chi connectivity index (χ2v) is 5.26. The predicted molar refractivity (Wildman–Crippen MR) is 85.9 cm³/mol. The van der Waals surface area contributed by atoms with Gasteiger partial charge in [-0.3, -0.25) is 10.1 Å². The van der Waals surface area contributed by atoms with Crippen molar-refractivity contribution in [3.8, 4) is 0 Å². The second-order valence-electron chi connectivity index (χ2n) is 5.26. The molecule has 0 aliphatic heterocycles. The highest BCUT2D eigenvalue weighted by molar-refractivity contribution is 5.86. The number of anilines is 1. The van der Waals surface area contributed by atoms with Crippen LogP contribution in [0, 0.1) is 17.0 Å². The number of rotatable bonds is 6. The van der Waals surface area contributed by atoms with Crippen molar-refractivity contribution in [1.29, 1.82) is 0 Å². The number of non-ortho nitro benzene ring substituents is 1. The number of pyridine rings is 1. The smallest absolute Gasteiger partial charge is 0.270 e. The summed E-state index contributed by atoms with van der Waals surface area (Å²) in [6, 6.07) is 5.22. The SMILES string of the molecule is CCCNc1nc2c(C)cc([N+](=O)[O-])cc2cc1CCC. The fraction of sp³-hybridized carbons (Fsp3) is 0.438. The van der Waals surface area contributed by atoms with E-state index in [0.717, 1.165) is 53.7 Å². The van der Waals surface area contributed by atoms with Crippen LogP contribution in [0.25, 0.3) is 10.9 Å². The van der Waals surface area contributed by atoms with Gasteiger partial charge >= 0.3 is 0 Å². The number of nitro benzene ring substituents is 1. The van der Waals surface area contributed by atoms with E-state index in [1.54, 1.807) is 12.1 Å². The number of benzene rings is 1. The van der Waals surface area contributed by atoms with Crippen molar-refractivity contribution in [2.45, 2.75) is 40.0 Å². The highest BCUT2D eigenvalue weighted by Crippen LogP contribution is 2.28. The van der Waals surface area contributed by atoms with E-state index in [2.05, 4.69) is 19.2 Å².